The Bertz CT molecular complexity index is 547. The van der Waals surface area contributed by atoms with Gasteiger partial charge in [-0.1, -0.05) is 23.7 Å². The Morgan fingerprint density at radius 3 is 2.57 bits per heavy atom. The summed E-state index contributed by atoms with van der Waals surface area (Å²) in [6.07, 6.45) is 1.61. The van der Waals surface area contributed by atoms with Gasteiger partial charge in [-0.25, -0.2) is 0 Å². The van der Waals surface area contributed by atoms with Crippen LogP contribution in [0.15, 0.2) is 24.3 Å². The Morgan fingerprint density at radius 2 is 1.87 bits per heavy atom. The number of ether oxygens (including phenoxy) is 1. The number of nitrogens with one attached hydrogen (secondary N) is 2. The molecule has 0 spiro atoms. The van der Waals surface area contributed by atoms with E-state index < -0.39 is 6.04 Å². The average molecular weight is 340 g/mol. The molecule has 1 heterocycles. The molecule has 0 bridgehead atoms. The minimum Gasteiger partial charge on any atom is -0.381 e. The zero-order chi connectivity index (χ0) is 16.7. The standard InChI is InChI=1S/C16H22ClN3O3/c17-13-4-2-1-3-12(13)15(21)19-7-8-20-16(22)14(18)11-5-9-23-10-6-11/h1-4,11,14H,5-10,18H2,(H,19,21)(H,20,22). The predicted molar refractivity (Wildman–Crippen MR) is 88.3 cm³/mol. The molecule has 6 nitrogen and oxygen atoms in total. The van der Waals surface area contributed by atoms with Crippen LogP contribution in [-0.4, -0.2) is 44.2 Å². The summed E-state index contributed by atoms with van der Waals surface area (Å²) in [5.74, 6) is -0.302. The molecule has 1 fully saturated rings. The Labute approximate surface area is 140 Å². The first-order valence-corrected chi connectivity index (χ1v) is 8.11. The molecule has 1 aliphatic heterocycles. The van der Waals surface area contributed by atoms with E-state index in [0.717, 1.165) is 12.8 Å². The van der Waals surface area contributed by atoms with Crippen molar-refractivity contribution in [3.63, 3.8) is 0 Å². The van der Waals surface area contributed by atoms with E-state index in [0.29, 0.717) is 36.9 Å². The van der Waals surface area contributed by atoms with Crippen LogP contribution in [0.2, 0.25) is 5.02 Å². The minimum absolute atomic E-state index is 0.154. The highest BCUT2D eigenvalue weighted by Gasteiger charge is 2.26. The second-order valence-electron chi connectivity index (χ2n) is 5.50. The maximum Gasteiger partial charge on any atom is 0.252 e. The minimum atomic E-state index is -0.529. The van der Waals surface area contributed by atoms with Gasteiger partial charge in [0.2, 0.25) is 5.91 Å². The van der Waals surface area contributed by atoms with Crippen molar-refractivity contribution in [2.45, 2.75) is 18.9 Å². The molecule has 4 N–H and O–H groups in total. The molecule has 2 rings (SSSR count). The number of hydrogen-bond donors (Lipinski definition) is 3. The van der Waals surface area contributed by atoms with E-state index in [2.05, 4.69) is 10.6 Å². The smallest absolute Gasteiger partial charge is 0.252 e. The van der Waals surface area contributed by atoms with E-state index >= 15 is 0 Å². The van der Waals surface area contributed by atoms with E-state index in [1.54, 1.807) is 24.3 Å². The molecule has 0 aliphatic carbocycles. The highest BCUT2D eigenvalue weighted by atomic mass is 35.5. The monoisotopic (exact) mass is 339 g/mol. The van der Waals surface area contributed by atoms with Crippen LogP contribution in [0.5, 0.6) is 0 Å². The van der Waals surface area contributed by atoms with Crippen LogP contribution < -0.4 is 16.4 Å². The van der Waals surface area contributed by atoms with Crippen molar-refractivity contribution in [3.8, 4) is 0 Å². The van der Waals surface area contributed by atoms with Gasteiger partial charge in [0.15, 0.2) is 0 Å². The zero-order valence-corrected chi connectivity index (χ0v) is 13.6. The van der Waals surface area contributed by atoms with Crippen LogP contribution in [0.25, 0.3) is 0 Å². The van der Waals surface area contributed by atoms with E-state index in [4.69, 9.17) is 22.1 Å². The summed E-state index contributed by atoms with van der Waals surface area (Å²) in [6, 6.07) is 6.28. The number of nitrogens with two attached hydrogens (primary N) is 1. The third kappa shape index (κ3) is 5.20. The molecule has 0 radical (unpaired) electrons. The van der Waals surface area contributed by atoms with Crippen LogP contribution in [0, 0.1) is 5.92 Å². The molecule has 7 heteroatoms. The van der Waals surface area contributed by atoms with Gasteiger partial charge in [0.1, 0.15) is 0 Å². The van der Waals surface area contributed by atoms with Gasteiger partial charge in [0.25, 0.3) is 5.91 Å². The number of hydrogen-bond acceptors (Lipinski definition) is 4. The highest BCUT2D eigenvalue weighted by molar-refractivity contribution is 6.33. The Balaban J connectivity index is 1.69. The fraction of sp³-hybridized carbons (Fsp3) is 0.500. The number of rotatable bonds is 6. The highest BCUT2D eigenvalue weighted by Crippen LogP contribution is 2.17. The molecule has 23 heavy (non-hydrogen) atoms. The predicted octanol–water partition coefficient (Wildman–Crippen LogP) is 0.940. The van der Waals surface area contributed by atoms with Gasteiger partial charge in [0.05, 0.1) is 16.6 Å². The van der Waals surface area contributed by atoms with Gasteiger partial charge in [-0.2, -0.15) is 0 Å². The summed E-state index contributed by atoms with van der Waals surface area (Å²) in [4.78, 5) is 23.9. The molecule has 1 aliphatic rings. The first-order valence-electron chi connectivity index (χ1n) is 7.73. The fourth-order valence-corrected chi connectivity index (χ4v) is 2.73. The lowest BCUT2D eigenvalue weighted by molar-refractivity contribution is -0.124. The summed E-state index contributed by atoms with van der Waals surface area (Å²) < 4.78 is 5.26. The summed E-state index contributed by atoms with van der Waals surface area (Å²) >= 11 is 5.95. The average Bonchev–Trinajstić information content (AvgIpc) is 2.58. The molecule has 1 unspecified atom stereocenters. The second kappa shape index (κ2) is 8.86. The van der Waals surface area contributed by atoms with Crippen molar-refractivity contribution in [3.05, 3.63) is 34.9 Å². The van der Waals surface area contributed by atoms with Crippen molar-refractivity contribution in [2.24, 2.45) is 11.7 Å². The SMILES string of the molecule is NC(C(=O)NCCNC(=O)c1ccccc1Cl)C1CCOCC1. The summed E-state index contributed by atoms with van der Waals surface area (Å²) in [5, 5.41) is 5.86. The van der Waals surface area contributed by atoms with E-state index in [1.807, 2.05) is 0 Å². The van der Waals surface area contributed by atoms with E-state index in [-0.39, 0.29) is 17.7 Å². The third-order valence-corrected chi connectivity index (χ3v) is 4.23. The maximum absolute atomic E-state index is 12.0. The fourth-order valence-electron chi connectivity index (χ4n) is 2.51. The lowest BCUT2D eigenvalue weighted by Gasteiger charge is -2.26. The molecule has 0 aromatic heterocycles. The van der Waals surface area contributed by atoms with Crippen LogP contribution in [-0.2, 0) is 9.53 Å². The van der Waals surface area contributed by atoms with Crippen LogP contribution in [0.4, 0.5) is 0 Å². The largest absolute Gasteiger partial charge is 0.381 e. The lowest BCUT2D eigenvalue weighted by atomic mass is 9.92. The molecule has 1 aromatic rings. The topological polar surface area (TPSA) is 93.5 Å². The van der Waals surface area contributed by atoms with Crippen molar-refractivity contribution in [2.75, 3.05) is 26.3 Å². The zero-order valence-electron chi connectivity index (χ0n) is 12.9. The second-order valence-corrected chi connectivity index (χ2v) is 5.91. The summed E-state index contributed by atoms with van der Waals surface area (Å²) in [6.45, 7) is 1.95. The normalized spacial score (nSPS) is 16.6. The molecule has 1 saturated heterocycles. The van der Waals surface area contributed by atoms with Crippen molar-refractivity contribution < 1.29 is 14.3 Å². The molecular weight excluding hydrogens is 318 g/mol. The van der Waals surface area contributed by atoms with E-state index in [9.17, 15) is 9.59 Å². The molecule has 2 amide bonds. The van der Waals surface area contributed by atoms with Crippen molar-refractivity contribution >= 4 is 23.4 Å². The van der Waals surface area contributed by atoms with Gasteiger partial charge in [-0.15, -0.1) is 0 Å². The molecule has 0 saturated carbocycles. The van der Waals surface area contributed by atoms with Gasteiger partial charge in [-0.3, -0.25) is 9.59 Å². The lowest BCUT2D eigenvalue weighted by Crippen LogP contribution is -2.48. The first kappa shape index (κ1) is 17.7. The Kier molecular flexibility index (Phi) is 6.83. The van der Waals surface area contributed by atoms with Gasteiger partial charge in [-0.05, 0) is 30.9 Å². The molecule has 1 aromatic carbocycles. The maximum atomic E-state index is 12.0. The summed E-state index contributed by atoms with van der Waals surface area (Å²) in [7, 11) is 0. The number of benzene rings is 1. The first-order chi connectivity index (χ1) is 11.1. The van der Waals surface area contributed by atoms with Gasteiger partial charge < -0.3 is 21.1 Å². The quantitative estimate of drug-likeness (QED) is 0.672. The van der Waals surface area contributed by atoms with Gasteiger partial charge >= 0.3 is 0 Å². The number of halogens is 1. The van der Waals surface area contributed by atoms with Crippen LogP contribution in [0.1, 0.15) is 23.2 Å². The number of carbonyl (C=O) groups excluding carboxylic acids is 2. The summed E-state index contributed by atoms with van der Waals surface area (Å²) in [5.41, 5.74) is 6.39. The van der Waals surface area contributed by atoms with Crippen molar-refractivity contribution in [1.82, 2.24) is 10.6 Å². The third-order valence-electron chi connectivity index (χ3n) is 3.90. The van der Waals surface area contributed by atoms with Crippen molar-refractivity contribution in [1.29, 1.82) is 0 Å². The number of amides is 2. The molecule has 1 atom stereocenters. The Morgan fingerprint density at radius 1 is 1.22 bits per heavy atom. The Hall–Kier alpha value is -1.63. The van der Waals surface area contributed by atoms with Crippen LogP contribution in [0.3, 0.4) is 0 Å². The van der Waals surface area contributed by atoms with Gasteiger partial charge in [0, 0.05) is 26.3 Å². The van der Waals surface area contributed by atoms with E-state index in [1.165, 1.54) is 0 Å². The van der Waals surface area contributed by atoms with Crippen LogP contribution >= 0.6 is 11.6 Å². The number of carbonyl (C=O) groups is 2. The molecular formula is C16H22ClN3O3. The molecule has 126 valence electrons.